The van der Waals surface area contributed by atoms with Gasteiger partial charge in [0.05, 0.1) is 14.8 Å². The fraction of sp³-hybridized carbons (Fsp3) is 0.294. The lowest BCUT2D eigenvalue weighted by atomic mass is 9.95. The van der Waals surface area contributed by atoms with E-state index in [4.69, 9.17) is 17.3 Å². The standard InChI is InChI=1S/C17H18ClN3O4S/c1-11-15(18)7-13(8-17(11)21(22)23)26(24,25)20-9-14(16(19)10-20)12-5-3-2-4-6-12/h2-8,14,16H,9-10,19H2,1H3/t14-,16+/m0/s1. The maximum atomic E-state index is 13.0. The molecule has 0 unspecified atom stereocenters. The maximum Gasteiger partial charge on any atom is 0.275 e. The van der Waals surface area contributed by atoms with Crippen LogP contribution in [0.25, 0.3) is 0 Å². The number of sulfonamides is 1. The topological polar surface area (TPSA) is 107 Å². The van der Waals surface area contributed by atoms with Crippen LogP contribution in [-0.2, 0) is 10.0 Å². The van der Waals surface area contributed by atoms with E-state index in [0.29, 0.717) is 0 Å². The molecule has 26 heavy (non-hydrogen) atoms. The monoisotopic (exact) mass is 395 g/mol. The number of halogens is 1. The van der Waals surface area contributed by atoms with Crippen LogP contribution in [0.2, 0.25) is 5.02 Å². The van der Waals surface area contributed by atoms with Crippen LogP contribution in [0.15, 0.2) is 47.4 Å². The molecule has 2 atom stereocenters. The molecule has 9 heteroatoms. The van der Waals surface area contributed by atoms with Crippen LogP contribution in [0.4, 0.5) is 5.69 Å². The number of benzene rings is 2. The van der Waals surface area contributed by atoms with Crippen molar-refractivity contribution in [3.8, 4) is 0 Å². The second-order valence-corrected chi connectivity index (χ2v) is 8.65. The summed E-state index contributed by atoms with van der Waals surface area (Å²) in [5, 5.41) is 11.2. The quantitative estimate of drug-likeness (QED) is 0.632. The lowest BCUT2D eigenvalue weighted by Gasteiger charge is -2.17. The van der Waals surface area contributed by atoms with Crippen molar-refractivity contribution in [3.63, 3.8) is 0 Å². The molecule has 3 rings (SSSR count). The van der Waals surface area contributed by atoms with E-state index in [1.165, 1.54) is 17.3 Å². The molecule has 138 valence electrons. The molecule has 1 aliphatic heterocycles. The highest BCUT2D eigenvalue weighted by Crippen LogP contribution is 2.34. The average molecular weight is 396 g/mol. The molecule has 0 spiro atoms. The van der Waals surface area contributed by atoms with Gasteiger partial charge >= 0.3 is 0 Å². The minimum atomic E-state index is -3.94. The van der Waals surface area contributed by atoms with Gasteiger partial charge in [0, 0.05) is 36.7 Å². The average Bonchev–Trinajstić information content (AvgIpc) is 3.00. The van der Waals surface area contributed by atoms with Crippen molar-refractivity contribution in [2.24, 2.45) is 5.73 Å². The summed E-state index contributed by atoms with van der Waals surface area (Å²) in [5.74, 6) is -0.137. The molecular weight excluding hydrogens is 378 g/mol. The Morgan fingerprint density at radius 1 is 1.23 bits per heavy atom. The fourth-order valence-electron chi connectivity index (χ4n) is 3.17. The lowest BCUT2D eigenvalue weighted by molar-refractivity contribution is -0.385. The third kappa shape index (κ3) is 3.33. The Hall–Kier alpha value is -2.00. The van der Waals surface area contributed by atoms with Crippen LogP contribution in [0, 0.1) is 17.0 Å². The smallest absolute Gasteiger partial charge is 0.275 e. The molecular formula is C17H18ClN3O4S. The number of nitro benzene ring substituents is 1. The zero-order chi connectivity index (χ0) is 19.1. The minimum Gasteiger partial charge on any atom is -0.326 e. The first-order chi connectivity index (χ1) is 12.2. The predicted octanol–water partition coefficient (Wildman–Crippen LogP) is 2.67. The highest BCUT2D eigenvalue weighted by atomic mass is 35.5. The molecule has 0 amide bonds. The number of nitrogens with two attached hydrogens (primary N) is 1. The summed E-state index contributed by atoms with van der Waals surface area (Å²) in [4.78, 5) is 10.4. The first kappa shape index (κ1) is 18.8. The van der Waals surface area contributed by atoms with E-state index < -0.39 is 14.9 Å². The van der Waals surface area contributed by atoms with E-state index in [1.807, 2.05) is 30.3 Å². The summed E-state index contributed by atoms with van der Waals surface area (Å²) in [5.41, 5.74) is 7.04. The molecule has 1 heterocycles. The fourth-order valence-corrected chi connectivity index (χ4v) is 5.00. The van der Waals surface area contributed by atoms with Crippen LogP contribution in [0.5, 0.6) is 0 Å². The molecule has 0 aliphatic carbocycles. The molecule has 1 saturated heterocycles. The van der Waals surface area contributed by atoms with Crippen LogP contribution in [0.3, 0.4) is 0 Å². The Kier molecular flexibility index (Phi) is 5.03. The number of nitrogens with zero attached hydrogens (tertiary/aromatic N) is 2. The summed E-state index contributed by atoms with van der Waals surface area (Å²) in [6.45, 7) is 1.84. The molecule has 2 aromatic carbocycles. The third-order valence-electron chi connectivity index (χ3n) is 4.68. The van der Waals surface area contributed by atoms with Crippen LogP contribution < -0.4 is 5.73 Å². The maximum absolute atomic E-state index is 13.0. The van der Waals surface area contributed by atoms with Gasteiger partial charge in [0.1, 0.15) is 0 Å². The van der Waals surface area contributed by atoms with E-state index in [0.717, 1.165) is 11.6 Å². The first-order valence-corrected chi connectivity index (χ1v) is 9.79. The predicted molar refractivity (Wildman–Crippen MR) is 98.8 cm³/mol. The summed E-state index contributed by atoms with van der Waals surface area (Å²) >= 11 is 6.02. The van der Waals surface area contributed by atoms with Gasteiger partial charge in [-0.25, -0.2) is 8.42 Å². The number of nitro groups is 1. The zero-order valence-electron chi connectivity index (χ0n) is 14.0. The Bertz CT molecular complexity index is 950. The Morgan fingerprint density at radius 3 is 2.50 bits per heavy atom. The van der Waals surface area contributed by atoms with Gasteiger partial charge in [-0.15, -0.1) is 0 Å². The van der Waals surface area contributed by atoms with E-state index in [2.05, 4.69) is 0 Å². The lowest BCUT2D eigenvalue weighted by Crippen LogP contribution is -2.32. The molecule has 0 saturated carbocycles. The normalized spacial score (nSPS) is 21.0. The largest absolute Gasteiger partial charge is 0.326 e. The van der Waals surface area contributed by atoms with E-state index in [1.54, 1.807) is 0 Å². The van der Waals surface area contributed by atoms with E-state index in [9.17, 15) is 18.5 Å². The van der Waals surface area contributed by atoms with Gasteiger partial charge < -0.3 is 5.73 Å². The number of hydrogen-bond donors (Lipinski definition) is 1. The molecule has 7 nitrogen and oxygen atoms in total. The van der Waals surface area contributed by atoms with Gasteiger partial charge in [0.25, 0.3) is 5.69 Å². The Morgan fingerprint density at radius 2 is 1.88 bits per heavy atom. The van der Waals surface area contributed by atoms with Gasteiger partial charge in [-0.3, -0.25) is 10.1 Å². The van der Waals surface area contributed by atoms with Crippen molar-refractivity contribution in [1.82, 2.24) is 4.31 Å². The Labute approximate surface area is 156 Å². The van der Waals surface area contributed by atoms with Crippen molar-refractivity contribution in [2.75, 3.05) is 13.1 Å². The van der Waals surface area contributed by atoms with Gasteiger partial charge in [-0.2, -0.15) is 4.31 Å². The molecule has 2 N–H and O–H groups in total. The highest BCUT2D eigenvalue weighted by molar-refractivity contribution is 7.89. The molecule has 0 aromatic heterocycles. The molecule has 0 bridgehead atoms. The minimum absolute atomic E-state index is 0.0425. The van der Waals surface area contributed by atoms with E-state index in [-0.39, 0.29) is 46.2 Å². The SMILES string of the molecule is Cc1c(Cl)cc(S(=O)(=O)N2C[C@@H](N)[C@H](c3ccccc3)C2)cc1[N+](=O)[O-]. The van der Waals surface area contributed by atoms with Crippen LogP contribution in [0.1, 0.15) is 17.0 Å². The summed E-state index contributed by atoms with van der Waals surface area (Å²) in [7, 11) is -3.94. The summed E-state index contributed by atoms with van der Waals surface area (Å²) in [6, 6.07) is 11.4. The highest BCUT2D eigenvalue weighted by Gasteiger charge is 2.39. The second kappa shape index (κ2) is 6.96. The number of hydrogen-bond acceptors (Lipinski definition) is 5. The summed E-state index contributed by atoms with van der Waals surface area (Å²) < 4.78 is 27.2. The Balaban J connectivity index is 1.96. The van der Waals surface area contributed by atoms with Gasteiger partial charge in [0.2, 0.25) is 10.0 Å². The van der Waals surface area contributed by atoms with Crippen molar-refractivity contribution in [1.29, 1.82) is 0 Å². The molecule has 1 aliphatic rings. The molecule has 1 fully saturated rings. The van der Waals surface area contributed by atoms with Crippen LogP contribution >= 0.6 is 11.6 Å². The van der Waals surface area contributed by atoms with Crippen LogP contribution in [-0.4, -0.2) is 36.8 Å². The van der Waals surface area contributed by atoms with Crippen molar-refractivity contribution < 1.29 is 13.3 Å². The van der Waals surface area contributed by atoms with Gasteiger partial charge in [0.15, 0.2) is 0 Å². The van der Waals surface area contributed by atoms with Crippen molar-refractivity contribution in [2.45, 2.75) is 23.8 Å². The molecule has 0 radical (unpaired) electrons. The zero-order valence-corrected chi connectivity index (χ0v) is 15.6. The van der Waals surface area contributed by atoms with Gasteiger partial charge in [-0.05, 0) is 18.6 Å². The first-order valence-electron chi connectivity index (χ1n) is 7.97. The van der Waals surface area contributed by atoms with Gasteiger partial charge in [-0.1, -0.05) is 41.9 Å². The third-order valence-corrected chi connectivity index (χ3v) is 6.89. The van der Waals surface area contributed by atoms with Crippen molar-refractivity contribution in [3.05, 3.63) is 68.7 Å². The summed E-state index contributed by atoms with van der Waals surface area (Å²) in [6.07, 6.45) is 0. The molecule has 2 aromatic rings. The second-order valence-electron chi connectivity index (χ2n) is 6.31. The number of rotatable bonds is 4. The van der Waals surface area contributed by atoms with Crippen molar-refractivity contribution >= 4 is 27.3 Å². The van der Waals surface area contributed by atoms with E-state index >= 15 is 0 Å².